The first kappa shape index (κ1) is 12.4. The Bertz CT molecular complexity index is 375. The molecular formula is C11H15N3O2. The van der Waals surface area contributed by atoms with Crippen molar-refractivity contribution in [1.29, 1.82) is 0 Å². The molecule has 0 aliphatic rings. The number of ether oxygens (including phenoxy) is 1. The molecular weight excluding hydrogens is 206 g/mol. The van der Waals surface area contributed by atoms with Crippen LogP contribution in [0.3, 0.4) is 0 Å². The van der Waals surface area contributed by atoms with E-state index in [9.17, 15) is 0 Å². The molecule has 0 heterocycles. The van der Waals surface area contributed by atoms with Crippen molar-refractivity contribution in [3.05, 3.63) is 40.3 Å². The molecule has 1 rings (SSSR count). The summed E-state index contributed by atoms with van der Waals surface area (Å²) in [5, 5.41) is 12.5. The number of benzene rings is 1. The lowest BCUT2D eigenvalue weighted by Crippen LogP contribution is -1.99. The highest BCUT2D eigenvalue weighted by Gasteiger charge is 2.13. The molecule has 0 aliphatic carbocycles. The Kier molecular flexibility index (Phi) is 5.19. The number of hydrogen-bond acceptors (Lipinski definition) is 3. The van der Waals surface area contributed by atoms with Gasteiger partial charge in [0.15, 0.2) is 0 Å². The Morgan fingerprint density at radius 3 is 2.88 bits per heavy atom. The highest BCUT2D eigenvalue weighted by molar-refractivity contribution is 5.35. The average molecular weight is 221 g/mol. The van der Waals surface area contributed by atoms with Gasteiger partial charge < -0.3 is 9.84 Å². The topological polar surface area (TPSA) is 78.2 Å². The van der Waals surface area contributed by atoms with Crippen LogP contribution in [0, 0.1) is 0 Å². The number of hydrogen-bond donors (Lipinski definition) is 1. The Labute approximate surface area is 94.3 Å². The number of nitrogens with zero attached hydrogens (tertiary/aromatic N) is 3. The molecule has 1 aromatic rings. The van der Waals surface area contributed by atoms with Crippen molar-refractivity contribution in [3.63, 3.8) is 0 Å². The molecule has 0 saturated heterocycles. The molecule has 1 N–H and O–H groups in total. The van der Waals surface area contributed by atoms with E-state index in [0.717, 1.165) is 5.56 Å². The first-order valence-electron chi connectivity index (χ1n) is 5.11. The Balaban J connectivity index is 2.95. The number of para-hydroxylation sites is 1. The minimum absolute atomic E-state index is 0.0899. The predicted octanol–water partition coefficient (Wildman–Crippen LogP) is 2.82. The van der Waals surface area contributed by atoms with Gasteiger partial charge in [0.1, 0.15) is 5.75 Å². The maximum absolute atomic E-state index is 8.79. The van der Waals surface area contributed by atoms with Crippen molar-refractivity contribution in [2.75, 3.05) is 13.7 Å². The molecule has 5 nitrogen and oxygen atoms in total. The molecule has 0 radical (unpaired) electrons. The third-order valence-electron chi connectivity index (χ3n) is 2.32. The van der Waals surface area contributed by atoms with Crippen LogP contribution < -0.4 is 4.74 Å². The number of aliphatic hydroxyl groups excluding tert-OH is 1. The lowest BCUT2D eigenvalue weighted by Gasteiger charge is -2.14. The normalized spacial score (nSPS) is 11.6. The SMILES string of the molecule is COc1ccccc1C(CCCO)N=[N+]=[N-]. The van der Waals surface area contributed by atoms with Crippen LogP contribution in [0.5, 0.6) is 5.75 Å². The van der Waals surface area contributed by atoms with Crippen molar-refractivity contribution in [2.24, 2.45) is 5.11 Å². The van der Waals surface area contributed by atoms with E-state index in [2.05, 4.69) is 10.0 Å². The third kappa shape index (κ3) is 3.15. The third-order valence-corrected chi connectivity index (χ3v) is 2.32. The van der Waals surface area contributed by atoms with Gasteiger partial charge in [0.2, 0.25) is 0 Å². The first-order valence-corrected chi connectivity index (χ1v) is 5.11. The van der Waals surface area contributed by atoms with E-state index in [1.165, 1.54) is 0 Å². The number of rotatable bonds is 6. The van der Waals surface area contributed by atoms with Gasteiger partial charge in [-0.1, -0.05) is 23.3 Å². The van der Waals surface area contributed by atoms with E-state index in [4.69, 9.17) is 15.4 Å². The zero-order valence-electron chi connectivity index (χ0n) is 9.21. The van der Waals surface area contributed by atoms with E-state index < -0.39 is 0 Å². The van der Waals surface area contributed by atoms with Gasteiger partial charge in [-0.25, -0.2) is 0 Å². The van der Waals surface area contributed by atoms with Gasteiger partial charge in [0.25, 0.3) is 0 Å². The van der Waals surface area contributed by atoms with E-state index in [1.807, 2.05) is 24.3 Å². The van der Waals surface area contributed by atoms with Crippen molar-refractivity contribution in [3.8, 4) is 5.75 Å². The summed E-state index contributed by atoms with van der Waals surface area (Å²) >= 11 is 0. The maximum atomic E-state index is 8.79. The second-order valence-corrected chi connectivity index (χ2v) is 3.33. The van der Waals surface area contributed by atoms with Crippen molar-refractivity contribution >= 4 is 0 Å². The largest absolute Gasteiger partial charge is 0.496 e. The minimum atomic E-state index is -0.284. The fraction of sp³-hybridized carbons (Fsp3) is 0.455. The quantitative estimate of drug-likeness (QED) is 0.455. The van der Waals surface area contributed by atoms with Crippen LogP contribution in [0.1, 0.15) is 24.4 Å². The summed E-state index contributed by atoms with van der Waals surface area (Å²) in [4.78, 5) is 2.83. The lowest BCUT2D eigenvalue weighted by molar-refractivity contribution is 0.279. The van der Waals surface area contributed by atoms with Gasteiger partial charge in [0, 0.05) is 17.1 Å². The van der Waals surface area contributed by atoms with Gasteiger partial charge >= 0.3 is 0 Å². The molecule has 16 heavy (non-hydrogen) atoms. The van der Waals surface area contributed by atoms with Gasteiger partial charge in [-0.3, -0.25) is 0 Å². The fourth-order valence-corrected chi connectivity index (χ4v) is 1.56. The molecule has 0 fully saturated rings. The molecule has 0 aliphatic heterocycles. The molecule has 0 bridgehead atoms. The van der Waals surface area contributed by atoms with Crippen molar-refractivity contribution < 1.29 is 9.84 Å². The molecule has 0 amide bonds. The molecule has 1 aromatic carbocycles. The van der Waals surface area contributed by atoms with E-state index >= 15 is 0 Å². The van der Waals surface area contributed by atoms with Gasteiger partial charge in [-0.2, -0.15) is 0 Å². The summed E-state index contributed by atoms with van der Waals surface area (Å²) in [6.07, 6.45) is 1.21. The number of aliphatic hydroxyl groups is 1. The Morgan fingerprint density at radius 1 is 1.50 bits per heavy atom. The standard InChI is InChI=1S/C11H15N3O2/c1-16-11-7-3-2-5-9(11)10(13-14-12)6-4-8-15/h2-3,5,7,10,15H,4,6,8H2,1H3. The maximum Gasteiger partial charge on any atom is 0.122 e. The zero-order valence-corrected chi connectivity index (χ0v) is 9.21. The van der Waals surface area contributed by atoms with Crippen LogP contribution in [-0.4, -0.2) is 18.8 Å². The summed E-state index contributed by atoms with van der Waals surface area (Å²) in [6.45, 7) is 0.0899. The highest BCUT2D eigenvalue weighted by atomic mass is 16.5. The van der Waals surface area contributed by atoms with Crippen LogP contribution in [0.25, 0.3) is 10.4 Å². The Hall–Kier alpha value is -1.71. The average Bonchev–Trinajstić information content (AvgIpc) is 2.34. The van der Waals surface area contributed by atoms with Crippen LogP contribution >= 0.6 is 0 Å². The minimum Gasteiger partial charge on any atom is -0.496 e. The van der Waals surface area contributed by atoms with Gasteiger partial charge in [0.05, 0.1) is 13.2 Å². The van der Waals surface area contributed by atoms with Crippen LogP contribution in [0.15, 0.2) is 29.4 Å². The van der Waals surface area contributed by atoms with Crippen LogP contribution in [0.2, 0.25) is 0 Å². The number of azide groups is 1. The molecule has 86 valence electrons. The monoisotopic (exact) mass is 221 g/mol. The van der Waals surface area contributed by atoms with Crippen LogP contribution in [0.4, 0.5) is 0 Å². The fourth-order valence-electron chi connectivity index (χ4n) is 1.56. The van der Waals surface area contributed by atoms with Crippen LogP contribution in [-0.2, 0) is 0 Å². The van der Waals surface area contributed by atoms with E-state index in [-0.39, 0.29) is 12.6 Å². The van der Waals surface area contributed by atoms with Gasteiger partial charge in [-0.05, 0) is 24.4 Å². The second kappa shape index (κ2) is 6.71. The van der Waals surface area contributed by atoms with Crippen molar-refractivity contribution in [1.82, 2.24) is 0 Å². The summed E-state index contributed by atoms with van der Waals surface area (Å²) in [5.74, 6) is 0.706. The van der Waals surface area contributed by atoms with Gasteiger partial charge in [-0.15, -0.1) is 0 Å². The molecule has 1 unspecified atom stereocenters. The predicted molar refractivity (Wildman–Crippen MR) is 61.2 cm³/mol. The summed E-state index contributed by atoms with van der Waals surface area (Å²) in [5.41, 5.74) is 9.37. The Morgan fingerprint density at radius 2 is 2.25 bits per heavy atom. The molecule has 0 spiro atoms. The second-order valence-electron chi connectivity index (χ2n) is 3.33. The summed E-state index contributed by atoms with van der Waals surface area (Å²) < 4.78 is 5.21. The summed E-state index contributed by atoms with van der Waals surface area (Å²) in [7, 11) is 1.58. The van der Waals surface area contributed by atoms with E-state index in [1.54, 1.807) is 7.11 Å². The first-order chi connectivity index (χ1) is 7.83. The smallest absolute Gasteiger partial charge is 0.122 e. The number of methoxy groups -OCH3 is 1. The molecule has 1 atom stereocenters. The highest BCUT2D eigenvalue weighted by Crippen LogP contribution is 2.30. The molecule has 5 heteroatoms. The molecule has 0 saturated carbocycles. The van der Waals surface area contributed by atoms with Crippen molar-refractivity contribution in [2.45, 2.75) is 18.9 Å². The molecule has 0 aromatic heterocycles. The summed E-state index contributed by atoms with van der Waals surface area (Å²) in [6, 6.07) is 7.15. The van der Waals surface area contributed by atoms with E-state index in [0.29, 0.717) is 18.6 Å². The lowest BCUT2D eigenvalue weighted by atomic mass is 10.0. The zero-order chi connectivity index (χ0) is 11.8.